The third-order valence-electron chi connectivity index (χ3n) is 20.2. The Morgan fingerprint density at radius 2 is 0.984 bits per heavy atom. The van der Waals surface area contributed by atoms with Crippen molar-refractivity contribution >= 4 is 59.9 Å². The van der Waals surface area contributed by atoms with E-state index in [9.17, 15) is 10.5 Å². The molecule has 6 saturated carbocycles. The normalized spacial score (nSPS) is 32.6. The number of fused-ring (bicyclic) bond motifs is 21. The Morgan fingerprint density at radius 3 is 1.55 bits per heavy atom. The van der Waals surface area contributed by atoms with Crippen LogP contribution in [0.4, 0.5) is 0 Å². The molecular formula is C58H44N4. The molecule has 9 aromatic rings. The van der Waals surface area contributed by atoms with E-state index in [2.05, 4.69) is 118 Å². The molecule has 62 heavy (non-hydrogen) atoms. The van der Waals surface area contributed by atoms with Gasteiger partial charge in [0.25, 0.3) is 0 Å². The molecule has 296 valence electrons. The van der Waals surface area contributed by atoms with Gasteiger partial charge < -0.3 is 8.97 Å². The van der Waals surface area contributed by atoms with Gasteiger partial charge in [-0.3, -0.25) is 0 Å². The van der Waals surface area contributed by atoms with Gasteiger partial charge in [0, 0.05) is 38.0 Å². The maximum atomic E-state index is 11.2. The van der Waals surface area contributed by atoms with Gasteiger partial charge in [0.05, 0.1) is 50.8 Å². The topological polar surface area (TPSA) is 56.9 Å². The summed E-state index contributed by atoms with van der Waals surface area (Å²) in [4.78, 5) is 0. The van der Waals surface area contributed by atoms with E-state index in [0.29, 0.717) is 34.5 Å². The number of hydrogen-bond acceptors (Lipinski definition) is 2. The molecule has 8 aliphatic carbocycles. The molecule has 0 amide bonds. The summed E-state index contributed by atoms with van der Waals surface area (Å²) in [6, 6.07) is 42.2. The van der Waals surface area contributed by atoms with E-state index in [1.165, 1.54) is 163 Å². The first kappa shape index (κ1) is 32.6. The van der Waals surface area contributed by atoms with E-state index in [1.807, 2.05) is 0 Å². The fourth-order valence-corrected chi connectivity index (χ4v) is 18.4. The van der Waals surface area contributed by atoms with Gasteiger partial charge in [0.2, 0.25) is 0 Å². The predicted molar refractivity (Wildman–Crippen MR) is 246 cm³/mol. The van der Waals surface area contributed by atoms with Gasteiger partial charge in [-0.15, -0.1) is 0 Å². The van der Waals surface area contributed by atoms with E-state index >= 15 is 0 Å². The molecule has 10 unspecified atom stereocenters. The highest BCUT2D eigenvalue weighted by atomic mass is 15.0. The minimum Gasteiger partial charge on any atom is -0.309 e. The van der Waals surface area contributed by atoms with Crippen LogP contribution in [0.15, 0.2) is 97.1 Å². The third kappa shape index (κ3) is 3.39. The van der Waals surface area contributed by atoms with Gasteiger partial charge in [-0.2, -0.15) is 10.5 Å². The summed E-state index contributed by atoms with van der Waals surface area (Å²) in [5, 5.41) is 30.4. The van der Waals surface area contributed by atoms with Crippen molar-refractivity contribution in [3.8, 4) is 29.0 Å². The Balaban J connectivity index is 1.05. The highest BCUT2D eigenvalue weighted by Gasteiger charge is 2.67. The number of hydrogen-bond donors (Lipinski definition) is 0. The number of benzene rings is 6. The second-order valence-electron chi connectivity index (χ2n) is 21.9. The average Bonchev–Trinajstić information content (AvgIpc) is 4.13. The molecule has 6 aromatic carbocycles. The maximum Gasteiger partial charge on any atom is 0.0995 e. The van der Waals surface area contributed by atoms with Crippen molar-refractivity contribution in [2.24, 2.45) is 34.5 Å². The molecule has 17 rings (SSSR count). The van der Waals surface area contributed by atoms with Crippen LogP contribution in [0.2, 0.25) is 0 Å². The minimum absolute atomic E-state index is 0.482. The number of aromatic nitrogens is 2. The van der Waals surface area contributed by atoms with Crippen LogP contribution >= 0.6 is 0 Å². The molecule has 0 N–H and O–H groups in total. The first-order valence-electron chi connectivity index (χ1n) is 23.8. The Kier molecular flexibility index (Phi) is 5.46. The first-order chi connectivity index (χ1) is 30.5. The summed E-state index contributed by atoms with van der Waals surface area (Å²) in [7, 11) is 0. The summed E-state index contributed by atoms with van der Waals surface area (Å²) in [5.41, 5.74) is 18.5. The maximum absolute atomic E-state index is 11.2. The molecule has 4 nitrogen and oxygen atoms in total. The predicted octanol–water partition coefficient (Wildman–Crippen LogP) is 14.1. The Labute approximate surface area is 359 Å². The van der Waals surface area contributed by atoms with Crippen molar-refractivity contribution in [3.63, 3.8) is 0 Å². The van der Waals surface area contributed by atoms with Gasteiger partial charge in [0.15, 0.2) is 0 Å². The molecule has 10 atom stereocenters. The van der Waals surface area contributed by atoms with Crippen LogP contribution in [0.1, 0.15) is 121 Å². The van der Waals surface area contributed by atoms with Crippen LogP contribution < -0.4 is 0 Å². The zero-order valence-electron chi connectivity index (χ0n) is 34.7. The van der Waals surface area contributed by atoms with Crippen LogP contribution in [0.5, 0.6) is 0 Å². The van der Waals surface area contributed by atoms with E-state index in [4.69, 9.17) is 0 Å². The largest absolute Gasteiger partial charge is 0.309 e. The Hall–Kier alpha value is -6.10. The summed E-state index contributed by atoms with van der Waals surface area (Å²) in [6.07, 6.45) is 13.0. The van der Waals surface area contributed by atoms with Crippen molar-refractivity contribution in [2.75, 3.05) is 0 Å². The number of rotatable bonds is 2. The summed E-state index contributed by atoms with van der Waals surface area (Å²) in [6.45, 7) is 0. The van der Waals surface area contributed by atoms with Crippen LogP contribution in [0.3, 0.4) is 0 Å². The van der Waals surface area contributed by atoms with Gasteiger partial charge in [0.1, 0.15) is 0 Å². The monoisotopic (exact) mass is 796 g/mol. The number of nitrogens with zero attached hydrogens (tertiary/aromatic N) is 4. The smallest absolute Gasteiger partial charge is 0.0995 e. The molecule has 0 radical (unpaired) electrons. The highest BCUT2D eigenvalue weighted by Crippen LogP contribution is 2.78. The molecule has 0 saturated heterocycles. The van der Waals surface area contributed by atoms with E-state index in [1.54, 1.807) is 0 Å². The third-order valence-corrected chi connectivity index (χ3v) is 20.2. The fourth-order valence-electron chi connectivity index (χ4n) is 18.4. The van der Waals surface area contributed by atoms with Crippen LogP contribution in [-0.2, 0) is 0 Å². The Morgan fingerprint density at radius 1 is 0.468 bits per heavy atom. The van der Waals surface area contributed by atoms with Crippen molar-refractivity contribution < 1.29 is 0 Å². The van der Waals surface area contributed by atoms with E-state index in [0.717, 1.165) is 34.8 Å². The Bertz CT molecular complexity index is 3540. The number of nitriles is 2. The minimum atomic E-state index is 0.482. The molecule has 3 aromatic heterocycles. The second-order valence-corrected chi connectivity index (χ2v) is 21.9. The van der Waals surface area contributed by atoms with Crippen molar-refractivity contribution in [1.29, 1.82) is 10.5 Å². The molecule has 4 heteroatoms. The molecule has 6 fully saturated rings. The van der Waals surface area contributed by atoms with Gasteiger partial charge in [-0.1, -0.05) is 48.5 Å². The van der Waals surface area contributed by atoms with Crippen molar-refractivity contribution in [2.45, 2.75) is 87.9 Å². The first-order valence-corrected chi connectivity index (χ1v) is 23.8. The lowest BCUT2D eigenvalue weighted by atomic mass is 9.56. The lowest BCUT2D eigenvalue weighted by molar-refractivity contribution is 0.00321. The molecule has 2 spiro atoms. The quantitative estimate of drug-likeness (QED) is 0.175. The summed E-state index contributed by atoms with van der Waals surface area (Å²) >= 11 is 0. The average molecular weight is 797 g/mol. The highest BCUT2D eigenvalue weighted by molar-refractivity contribution is 6.27. The zero-order chi connectivity index (χ0) is 40.1. The van der Waals surface area contributed by atoms with Gasteiger partial charge >= 0.3 is 0 Å². The molecule has 8 aliphatic rings. The number of para-hydroxylation sites is 2. The van der Waals surface area contributed by atoms with Crippen LogP contribution in [0.25, 0.3) is 76.7 Å². The van der Waals surface area contributed by atoms with Crippen molar-refractivity contribution in [3.05, 3.63) is 130 Å². The van der Waals surface area contributed by atoms with E-state index in [-0.39, 0.29) is 0 Å². The van der Waals surface area contributed by atoms with Crippen molar-refractivity contribution in [1.82, 2.24) is 8.97 Å². The van der Waals surface area contributed by atoms with Crippen LogP contribution in [-0.4, -0.2) is 8.97 Å². The lowest BCUT2D eigenvalue weighted by Crippen LogP contribution is -2.41. The zero-order valence-corrected chi connectivity index (χ0v) is 34.7. The van der Waals surface area contributed by atoms with Gasteiger partial charge in [-0.05, 0) is 204 Å². The second kappa shape index (κ2) is 10.4. The molecule has 6 bridgehead atoms. The summed E-state index contributed by atoms with van der Waals surface area (Å²) in [5.74, 6) is 5.33. The van der Waals surface area contributed by atoms with Crippen LogP contribution in [0, 0.1) is 57.2 Å². The SMILES string of the molecule is N#Cc1cc2c(c3c1C1CC4CC5CC3CC45C1)c1cc(-c3cccc4c3c3ccccc3n4-c3ccccc3)cc3c4c5c(c(C#N)cc4n2c13)C1CC2CC3CC5CC23C1. The van der Waals surface area contributed by atoms with E-state index < -0.39 is 0 Å². The standard InChI is InChI=1S/C58H44N4/c59-27-34-19-47-54(51-32-15-38-21-36-13-30(49(34)51)23-57(36,38)25-32)43-17-29(41-10-6-12-46-53(41)42-9-4-5-11-45(42)61(46)40-7-2-1-3-8-40)18-44-55-48(62(47)56(43)44)20-35(28-60)50-31-14-37-22-39-16-33(52(50)55)26-58(37,39)24-31/h1-12,17-20,30-33,36-39H,13-16,21-26H2. The molecular weight excluding hydrogens is 753 g/mol. The lowest BCUT2D eigenvalue weighted by Gasteiger charge is -2.48. The molecule has 3 heterocycles. The fraction of sp³-hybridized carbons (Fsp3) is 0.345. The van der Waals surface area contributed by atoms with Gasteiger partial charge in [-0.25, -0.2) is 0 Å². The molecule has 0 aliphatic heterocycles. The summed E-state index contributed by atoms with van der Waals surface area (Å²) < 4.78 is 5.02.